The Kier molecular flexibility index (Phi) is 4.30. The van der Waals surface area contributed by atoms with Crippen molar-refractivity contribution in [3.05, 3.63) is 59.4 Å². The minimum Gasteiger partial charge on any atom is -0.326 e. The third-order valence-electron chi connectivity index (χ3n) is 3.73. The normalized spacial score (nSPS) is 17.4. The van der Waals surface area contributed by atoms with Gasteiger partial charge < -0.3 is 10.2 Å². The first kappa shape index (κ1) is 15.5. The van der Waals surface area contributed by atoms with Gasteiger partial charge in [0, 0.05) is 29.4 Å². The van der Waals surface area contributed by atoms with Gasteiger partial charge in [-0.3, -0.25) is 9.59 Å². The smallest absolute Gasteiger partial charge is 0.229 e. The van der Waals surface area contributed by atoms with Crippen LogP contribution < -0.4 is 10.2 Å². The van der Waals surface area contributed by atoms with E-state index in [1.54, 1.807) is 35.2 Å². The fraction of sp³-hybridized carbons (Fsp3) is 0.176. The summed E-state index contributed by atoms with van der Waals surface area (Å²) in [4.78, 5) is 26.0. The van der Waals surface area contributed by atoms with Crippen molar-refractivity contribution in [3.8, 4) is 0 Å². The fourth-order valence-electron chi connectivity index (χ4n) is 2.56. The van der Waals surface area contributed by atoms with E-state index in [9.17, 15) is 14.0 Å². The third kappa shape index (κ3) is 3.51. The summed E-state index contributed by atoms with van der Waals surface area (Å²) in [5.41, 5.74) is 1.09. The molecule has 6 heteroatoms. The van der Waals surface area contributed by atoms with Gasteiger partial charge in [0.05, 0.1) is 5.92 Å². The quantitative estimate of drug-likeness (QED) is 0.935. The van der Waals surface area contributed by atoms with E-state index < -0.39 is 11.7 Å². The average molecular weight is 333 g/mol. The molecule has 4 nitrogen and oxygen atoms in total. The maximum Gasteiger partial charge on any atom is 0.229 e. The van der Waals surface area contributed by atoms with E-state index >= 15 is 0 Å². The van der Waals surface area contributed by atoms with Crippen LogP contribution in [0.5, 0.6) is 0 Å². The highest BCUT2D eigenvalue weighted by Gasteiger charge is 2.35. The number of hydrogen-bond acceptors (Lipinski definition) is 2. The van der Waals surface area contributed by atoms with Crippen LogP contribution in [0.3, 0.4) is 0 Å². The Morgan fingerprint density at radius 1 is 1.22 bits per heavy atom. The first-order valence-corrected chi connectivity index (χ1v) is 7.53. The van der Waals surface area contributed by atoms with Gasteiger partial charge in [-0.15, -0.1) is 0 Å². The number of hydrogen-bond donors (Lipinski definition) is 1. The molecule has 1 aliphatic rings. The summed E-state index contributed by atoms with van der Waals surface area (Å²) < 4.78 is 13.1. The van der Waals surface area contributed by atoms with E-state index in [1.807, 2.05) is 0 Å². The van der Waals surface area contributed by atoms with Gasteiger partial charge in [-0.2, -0.15) is 0 Å². The van der Waals surface area contributed by atoms with Crippen molar-refractivity contribution in [3.63, 3.8) is 0 Å². The molecule has 1 aliphatic heterocycles. The molecule has 23 heavy (non-hydrogen) atoms. The van der Waals surface area contributed by atoms with Crippen LogP contribution >= 0.6 is 11.6 Å². The number of amides is 2. The molecule has 0 saturated carbocycles. The molecular formula is C17H14ClFN2O2. The van der Waals surface area contributed by atoms with E-state index in [-0.39, 0.29) is 18.2 Å². The lowest BCUT2D eigenvalue weighted by Gasteiger charge is -2.16. The van der Waals surface area contributed by atoms with Crippen LogP contribution in [0.15, 0.2) is 48.5 Å². The molecule has 0 radical (unpaired) electrons. The van der Waals surface area contributed by atoms with Gasteiger partial charge in [-0.25, -0.2) is 4.39 Å². The SMILES string of the molecule is O=C(Nc1cccc(F)c1)[C@H]1CC(=O)N(c2ccc(Cl)cc2)C1. The molecule has 2 amide bonds. The van der Waals surface area contributed by atoms with E-state index in [1.165, 1.54) is 18.2 Å². The van der Waals surface area contributed by atoms with E-state index in [0.717, 1.165) is 0 Å². The van der Waals surface area contributed by atoms with Crippen molar-refractivity contribution in [1.82, 2.24) is 0 Å². The van der Waals surface area contributed by atoms with Crippen molar-refractivity contribution in [2.75, 3.05) is 16.8 Å². The second-order valence-electron chi connectivity index (χ2n) is 5.38. The minimum atomic E-state index is -0.471. The Bertz CT molecular complexity index is 749. The van der Waals surface area contributed by atoms with E-state index in [2.05, 4.69) is 5.32 Å². The molecular weight excluding hydrogens is 319 g/mol. The van der Waals surface area contributed by atoms with Gasteiger partial charge in [0.25, 0.3) is 0 Å². The Balaban J connectivity index is 1.69. The minimum absolute atomic E-state index is 0.119. The lowest BCUT2D eigenvalue weighted by Crippen LogP contribution is -2.28. The second-order valence-corrected chi connectivity index (χ2v) is 5.82. The van der Waals surface area contributed by atoms with Gasteiger partial charge >= 0.3 is 0 Å². The lowest BCUT2D eigenvalue weighted by molar-refractivity contribution is -0.122. The zero-order valence-electron chi connectivity index (χ0n) is 12.1. The largest absolute Gasteiger partial charge is 0.326 e. The lowest BCUT2D eigenvalue weighted by atomic mass is 10.1. The van der Waals surface area contributed by atoms with Crippen molar-refractivity contribution < 1.29 is 14.0 Å². The summed E-state index contributed by atoms with van der Waals surface area (Å²) in [6, 6.07) is 12.6. The molecule has 3 rings (SSSR count). The molecule has 2 aromatic carbocycles. The molecule has 1 heterocycles. The number of anilines is 2. The summed E-state index contributed by atoms with van der Waals surface area (Å²) >= 11 is 5.84. The maximum atomic E-state index is 13.1. The van der Waals surface area contributed by atoms with Crippen LogP contribution in [0.4, 0.5) is 15.8 Å². The molecule has 0 spiro atoms. The molecule has 118 valence electrons. The molecule has 0 aromatic heterocycles. The number of carbonyl (C=O) groups is 2. The highest BCUT2D eigenvalue weighted by molar-refractivity contribution is 6.30. The van der Waals surface area contributed by atoms with Crippen molar-refractivity contribution in [2.24, 2.45) is 5.92 Å². The molecule has 1 N–H and O–H groups in total. The Morgan fingerprint density at radius 2 is 1.96 bits per heavy atom. The highest BCUT2D eigenvalue weighted by Crippen LogP contribution is 2.27. The summed E-state index contributed by atoms with van der Waals surface area (Å²) in [7, 11) is 0. The maximum absolute atomic E-state index is 13.1. The van der Waals surface area contributed by atoms with Gasteiger partial charge in [0.1, 0.15) is 5.82 Å². The van der Waals surface area contributed by atoms with Crippen LogP contribution in [0.1, 0.15) is 6.42 Å². The first-order valence-electron chi connectivity index (χ1n) is 7.15. The van der Waals surface area contributed by atoms with Crippen LogP contribution in [-0.2, 0) is 9.59 Å². The third-order valence-corrected chi connectivity index (χ3v) is 3.98. The molecule has 2 aromatic rings. The molecule has 0 bridgehead atoms. The summed E-state index contributed by atoms with van der Waals surface area (Å²) in [6.07, 6.45) is 0.129. The second kappa shape index (κ2) is 6.38. The standard InChI is InChI=1S/C17H14ClFN2O2/c18-12-4-6-15(7-5-12)21-10-11(8-16(21)22)17(23)20-14-3-1-2-13(19)9-14/h1-7,9,11H,8,10H2,(H,20,23)/t11-/m0/s1. The molecule has 0 unspecified atom stereocenters. The van der Waals surface area contributed by atoms with Gasteiger partial charge in [-0.1, -0.05) is 17.7 Å². The predicted molar refractivity (Wildman–Crippen MR) is 86.9 cm³/mol. The number of halogens is 2. The van der Waals surface area contributed by atoms with Crippen LogP contribution in [0, 0.1) is 11.7 Å². The Morgan fingerprint density at radius 3 is 2.65 bits per heavy atom. The monoisotopic (exact) mass is 332 g/mol. The van der Waals surface area contributed by atoms with E-state index in [4.69, 9.17) is 11.6 Å². The molecule has 1 saturated heterocycles. The first-order chi connectivity index (χ1) is 11.0. The number of nitrogens with zero attached hydrogens (tertiary/aromatic N) is 1. The number of carbonyl (C=O) groups excluding carboxylic acids is 2. The predicted octanol–water partition coefficient (Wildman–Crippen LogP) is 3.47. The Hall–Kier alpha value is -2.40. The Labute approximate surface area is 137 Å². The van der Waals surface area contributed by atoms with Crippen molar-refractivity contribution in [2.45, 2.75) is 6.42 Å². The topological polar surface area (TPSA) is 49.4 Å². The van der Waals surface area contributed by atoms with E-state index in [0.29, 0.717) is 22.9 Å². The van der Waals surface area contributed by atoms with Gasteiger partial charge in [-0.05, 0) is 42.5 Å². The molecule has 1 fully saturated rings. The number of rotatable bonds is 3. The highest BCUT2D eigenvalue weighted by atomic mass is 35.5. The molecule has 0 aliphatic carbocycles. The van der Waals surface area contributed by atoms with Gasteiger partial charge in [0.15, 0.2) is 0 Å². The summed E-state index contributed by atoms with van der Waals surface area (Å²) in [5, 5.41) is 3.23. The van der Waals surface area contributed by atoms with Gasteiger partial charge in [0.2, 0.25) is 11.8 Å². The fourth-order valence-corrected chi connectivity index (χ4v) is 2.69. The summed E-state index contributed by atoms with van der Waals surface area (Å²) in [5.74, 6) is -1.30. The number of benzene rings is 2. The average Bonchev–Trinajstić information content (AvgIpc) is 2.90. The van der Waals surface area contributed by atoms with Crippen LogP contribution in [0.2, 0.25) is 5.02 Å². The van der Waals surface area contributed by atoms with Crippen LogP contribution in [0.25, 0.3) is 0 Å². The van der Waals surface area contributed by atoms with Crippen LogP contribution in [-0.4, -0.2) is 18.4 Å². The van der Waals surface area contributed by atoms with Crippen molar-refractivity contribution in [1.29, 1.82) is 0 Å². The zero-order valence-corrected chi connectivity index (χ0v) is 12.9. The molecule has 1 atom stereocenters. The zero-order chi connectivity index (χ0) is 16.4. The van der Waals surface area contributed by atoms with Crippen molar-refractivity contribution >= 4 is 34.8 Å². The summed E-state index contributed by atoms with van der Waals surface area (Å²) in [6.45, 7) is 0.293. The number of nitrogens with one attached hydrogen (secondary N) is 1.